The van der Waals surface area contributed by atoms with E-state index < -0.39 is 30.1 Å². The van der Waals surface area contributed by atoms with Crippen LogP contribution in [0.3, 0.4) is 0 Å². The number of aliphatic carboxylic acids is 1. The number of hydrogen-bond donors (Lipinski definition) is 4. The molecular weight excluding hydrogens is 412 g/mol. The first-order chi connectivity index (χ1) is 15.4. The average molecular weight is 440 g/mol. The van der Waals surface area contributed by atoms with Crippen LogP contribution in [0.15, 0.2) is 48.5 Å². The number of nitrogens with one attached hydrogen (secondary N) is 2. The third-order valence-electron chi connectivity index (χ3n) is 5.53. The number of ether oxygens (including phenoxy) is 1. The van der Waals surface area contributed by atoms with Crippen molar-refractivity contribution in [3.05, 3.63) is 59.7 Å². The van der Waals surface area contributed by atoms with Crippen LogP contribution in [-0.4, -0.2) is 53.5 Å². The molecule has 0 spiro atoms. The Bertz CT molecular complexity index is 931. The first kappa shape index (κ1) is 23.3. The highest BCUT2D eigenvalue weighted by atomic mass is 16.5. The molecule has 0 bridgehead atoms. The van der Waals surface area contributed by atoms with Crippen molar-refractivity contribution in [3.63, 3.8) is 0 Å². The molecule has 0 saturated heterocycles. The first-order valence-electron chi connectivity index (χ1n) is 10.7. The molecule has 32 heavy (non-hydrogen) atoms. The van der Waals surface area contributed by atoms with Gasteiger partial charge in [-0.15, -0.1) is 0 Å². The van der Waals surface area contributed by atoms with Crippen LogP contribution < -0.4 is 10.6 Å². The fourth-order valence-corrected chi connectivity index (χ4v) is 3.92. The summed E-state index contributed by atoms with van der Waals surface area (Å²) in [6.45, 7) is 2.01. The molecule has 1 aliphatic rings. The number of carboxylic acids is 1. The van der Waals surface area contributed by atoms with Crippen LogP contribution >= 0.6 is 0 Å². The van der Waals surface area contributed by atoms with E-state index >= 15 is 0 Å². The van der Waals surface area contributed by atoms with Gasteiger partial charge in [0.05, 0.1) is 0 Å². The minimum atomic E-state index is -1.55. The van der Waals surface area contributed by atoms with Crippen LogP contribution in [0, 0.1) is 0 Å². The highest BCUT2D eigenvalue weighted by molar-refractivity contribution is 5.85. The Kier molecular flexibility index (Phi) is 7.83. The third kappa shape index (κ3) is 5.45. The van der Waals surface area contributed by atoms with E-state index in [-0.39, 0.29) is 25.5 Å². The fourth-order valence-electron chi connectivity index (χ4n) is 3.92. The van der Waals surface area contributed by atoms with Gasteiger partial charge < -0.3 is 25.6 Å². The normalized spacial score (nSPS) is 14.1. The van der Waals surface area contributed by atoms with Gasteiger partial charge in [0.1, 0.15) is 12.6 Å². The largest absolute Gasteiger partial charge is 0.479 e. The summed E-state index contributed by atoms with van der Waals surface area (Å²) in [5, 5.41) is 23.1. The molecule has 0 unspecified atom stereocenters. The maximum atomic E-state index is 12.5. The highest BCUT2D eigenvalue weighted by Gasteiger charge is 2.29. The number of rotatable bonds is 10. The van der Waals surface area contributed by atoms with Gasteiger partial charge in [-0.3, -0.25) is 4.79 Å². The van der Waals surface area contributed by atoms with Crippen molar-refractivity contribution in [1.82, 2.24) is 10.6 Å². The Hall–Kier alpha value is -3.39. The van der Waals surface area contributed by atoms with E-state index in [4.69, 9.17) is 9.84 Å². The van der Waals surface area contributed by atoms with Gasteiger partial charge in [0.2, 0.25) is 5.91 Å². The SMILES string of the molecule is CCC[C@H](NC(=O)OCC1c2ccccc2-c2ccccc21)C(=O)NCC[C@H](O)C(=O)O. The Morgan fingerprint density at radius 1 is 1.00 bits per heavy atom. The predicted octanol–water partition coefficient (Wildman–Crippen LogP) is 2.65. The summed E-state index contributed by atoms with van der Waals surface area (Å²) in [7, 11) is 0. The summed E-state index contributed by atoms with van der Waals surface area (Å²) in [6.07, 6.45) is -1.30. The van der Waals surface area contributed by atoms with E-state index in [9.17, 15) is 19.5 Å². The molecule has 8 heteroatoms. The van der Waals surface area contributed by atoms with Crippen molar-refractivity contribution in [2.45, 2.75) is 44.2 Å². The van der Waals surface area contributed by atoms with E-state index in [1.54, 1.807) is 0 Å². The molecule has 2 amide bonds. The van der Waals surface area contributed by atoms with Crippen molar-refractivity contribution in [1.29, 1.82) is 0 Å². The van der Waals surface area contributed by atoms with Crippen molar-refractivity contribution < 1.29 is 29.3 Å². The third-order valence-corrected chi connectivity index (χ3v) is 5.53. The maximum Gasteiger partial charge on any atom is 0.407 e. The molecule has 8 nitrogen and oxygen atoms in total. The molecule has 0 aliphatic heterocycles. The summed E-state index contributed by atoms with van der Waals surface area (Å²) >= 11 is 0. The van der Waals surface area contributed by atoms with Gasteiger partial charge in [0, 0.05) is 18.9 Å². The second kappa shape index (κ2) is 10.8. The average Bonchev–Trinajstić information content (AvgIpc) is 3.11. The Balaban J connectivity index is 1.57. The van der Waals surface area contributed by atoms with Crippen LogP contribution in [0.4, 0.5) is 4.79 Å². The number of fused-ring (bicyclic) bond motifs is 3. The molecule has 2 atom stereocenters. The molecule has 2 aromatic carbocycles. The molecule has 3 rings (SSSR count). The molecule has 0 saturated carbocycles. The first-order valence-corrected chi connectivity index (χ1v) is 10.7. The molecule has 1 aliphatic carbocycles. The van der Waals surface area contributed by atoms with Crippen molar-refractivity contribution >= 4 is 18.0 Å². The smallest absolute Gasteiger partial charge is 0.407 e. The van der Waals surface area contributed by atoms with Crippen LogP contribution in [-0.2, 0) is 14.3 Å². The molecule has 0 radical (unpaired) electrons. The summed E-state index contributed by atoms with van der Waals surface area (Å²) in [5.74, 6) is -1.87. The standard InChI is InChI=1S/C24H28N2O6/c1-2-7-20(22(28)25-13-12-21(27)23(29)30)26-24(31)32-14-19-17-10-5-3-8-15(17)16-9-4-6-11-18(16)19/h3-6,8-11,19-21,27H,2,7,12-14H2,1H3,(H,25,28)(H,26,31)(H,29,30)/t20-,21-/m0/s1. The Morgan fingerprint density at radius 2 is 1.59 bits per heavy atom. The monoisotopic (exact) mass is 440 g/mol. The van der Waals surface area contributed by atoms with Gasteiger partial charge in [-0.2, -0.15) is 0 Å². The lowest BCUT2D eigenvalue weighted by atomic mass is 9.98. The predicted molar refractivity (Wildman–Crippen MR) is 118 cm³/mol. The van der Waals surface area contributed by atoms with E-state index in [1.807, 2.05) is 43.3 Å². The number of amides is 2. The lowest BCUT2D eigenvalue weighted by Crippen LogP contribution is -2.47. The highest BCUT2D eigenvalue weighted by Crippen LogP contribution is 2.44. The summed E-state index contributed by atoms with van der Waals surface area (Å²) in [4.78, 5) is 35.5. The number of hydrogen-bond acceptors (Lipinski definition) is 5. The van der Waals surface area contributed by atoms with Crippen molar-refractivity contribution in [3.8, 4) is 11.1 Å². The quantitative estimate of drug-likeness (QED) is 0.450. The molecule has 170 valence electrons. The van der Waals surface area contributed by atoms with Crippen LogP contribution in [0.1, 0.15) is 43.2 Å². The van der Waals surface area contributed by atoms with Crippen LogP contribution in [0.25, 0.3) is 11.1 Å². The van der Waals surface area contributed by atoms with Gasteiger partial charge in [0.15, 0.2) is 6.10 Å². The number of aliphatic hydroxyl groups is 1. The van der Waals surface area contributed by atoms with Crippen molar-refractivity contribution in [2.24, 2.45) is 0 Å². The van der Waals surface area contributed by atoms with Crippen LogP contribution in [0.2, 0.25) is 0 Å². The summed E-state index contributed by atoms with van der Waals surface area (Å²) in [6, 6.07) is 15.2. The van der Waals surface area contributed by atoms with Gasteiger partial charge >= 0.3 is 12.1 Å². The van der Waals surface area contributed by atoms with Crippen molar-refractivity contribution in [2.75, 3.05) is 13.2 Å². The summed E-state index contributed by atoms with van der Waals surface area (Å²) < 4.78 is 5.49. The van der Waals surface area contributed by atoms with E-state index in [1.165, 1.54) is 0 Å². The Labute approximate surface area is 186 Å². The number of aliphatic hydroxyl groups excluding tert-OH is 1. The second-order valence-corrected chi connectivity index (χ2v) is 7.74. The molecule has 4 N–H and O–H groups in total. The van der Waals surface area contributed by atoms with Gasteiger partial charge in [-0.25, -0.2) is 9.59 Å². The zero-order valence-electron chi connectivity index (χ0n) is 17.9. The number of carboxylic acid groups (broad SMARTS) is 1. The Morgan fingerprint density at radius 3 is 2.16 bits per heavy atom. The molecule has 0 aromatic heterocycles. The lowest BCUT2D eigenvalue weighted by molar-refractivity contribution is -0.147. The summed E-state index contributed by atoms with van der Waals surface area (Å²) in [5.41, 5.74) is 4.45. The fraction of sp³-hybridized carbons (Fsp3) is 0.375. The topological polar surface area (TPSA) is 125 Å². The van der Waals surface area contributed by atoms with E-state index in [0.29, 0.717) is 12.8 Å². The van der Waals surface area contributed by atoms with Gasteiger partial charge in [0.25, 0.3) is 0 Å². The molecule has 0 heterocycles. The molecular formula is C24H28N2O6. The molecule has 0 fully saturated rings. The minimum absolute atomic E-state index is 0.0150. The number of alkyl carbamates (subject to hydrolysis) is 1. The van der Waals surface area contributed by atoms with Gasteiger partial charge in [-0.05, 0) is 28.7 Å². The number of carbonyl (C=O) groups excluding carboxylic acids is 2. The number of carbonyl (C=O) groups is 3. The minimum Gasteiger partial charge on any atom is -0.479 e. The molecule has 2 aromatic rings. The van der Waals surface area contributed by atoms with E-state index in [2.05, 4.69) is 22.8 Å². The second-order valence-electron chi connectivity index (χ2n) is 7.74. The van der Waals surface area contributed by atoms with Crippen LogP contribution in [0.5, 0.6) is 0 Å². The zero-order valence-corrected chi connectivity index (χ0v) is 17.9. The lowest BCUT2D eigenvalue weighted by Gasteiger charge is -2.19. The zero-order chi connectivity index (χ0) is 23.1. The maximum absolute atomic E-state index is 12.5. The van der Waals surface area contributed by atoms with Gasteiger partial charge in [-0.1, -0.05) is 61.9 Å². The van der Waals surface area contributed by atoms with E-state index in [0.717, 1.165) is 22.3 Å². The number of benzene rings is 2.